The highest BCUT2D eigenvalue weighted by atomic mass is 32.1. The summed E-state index contributed by atoms with van der Waals surface area (Å²) >= 11 is 1.58. The zero-order valence-electron chi connectivity index (χ0n) is 10.8. The number of morpholine rings is 1. The lowest BCUT2D eigenvalue weighted by Gasteiger charge is -2.25. The zero-order chi connectivity index (χ0) is 13.2. The van der Waals surface area contributed by atoms with Crippen molar-refractivity contribution in [2.45, 2.75) is 6.92 Å². The Morgan fingerprint density at radius 2 is 2.05 bits per heavy atom. The molecule has 0 aliphatic carbocycles. The van der Waals surface area contributed by atoms with Crippen molar-refractivity contribution < 1.29 is 4.74 Å². The molecule has 1 saturated heterocycles. The molecule has 0 bridgehead atoms. The van der Waals surface area contributed by atoms with Gasteiger partial charge in [-0.25, -0.2) is 0 Å². The van der Waals surface area contributed by atoms with E-state index < -0.39 is 0 Å². The highest BCUT2D eigenvalue weighted by molar-refractivity contribution is 7.18. The van der Waals surface area contributed by atoms with Crippen LogP contribution in [0, 0.1) is 6.92 Å². The van der Waals surface area contributed by atoms with Crippen LogP contribution in [-0.4, -0.2) is 36.5 Å². The molecule has 3 rings (SSSR count). The fourth-order valence-electron chi connectivity index (χ4n) is 2.06. The van der Waals surface area contributed by atoms with Gasteiger partial charge in [-0.1, -0.05) is 23.0 Å². The van der Waals surface area contributed by atoms with Crippen molar-refractivity contribution in [2.75, 3.05) is 36.9 Å². The molecule has 2 N–H and O–H groups in total. The van der Waals surface area contributed by atoms with Crippen molar-refractivity contribution in [1.29, 1.82) is 0 Å². The minimum atomic E-state index is 0.746. The average molecular weight is 276 g/mol. The van der Waals surface area contributed by atoms with Gasteiger partial charge < -0.3 is 15.4 Å². The van der Waals surface area contributed by atoms with E-state index in [1.165, 1.54) is 5.56 Å². The molecule has 0 saturated carbocycles. The third kappa shape index (κ3) is 2.54. The summed E-state index contributed by atoms with van der Waals surface area (Å²) in [6.07, 6.45) is 0. The van der Waals surface area contributed by atoms with E-state index in [4.69, 9.17) is 10.5 Å². The van der Waals surface area contributed by atoms with Gasteiger partial charge >= 0.3 is 0 Å². The quantitative estimate of drug-likeness (QED) is 0.849. The molecule has 1 aromatic heterocycles. The van der Waals surface area contributed by atoms with Gasteiger partial charge in [-0.15, -0.1) is 10.2 Å². The largest absolute Gasteiger partial charge is 0.398 e. The van der Waals surface area contributed by atoms with Crippen molar-refractivity contribution in [1.82, 2.24) is 10.2 Å². The van der Waals surface area contributed by atoms with E-state index in [-0.39, 0.29) is 0 Å². The molecule has 1 aromatic carbocycles. The number of hydrogen-bond donors (Lipinski definition) is 1. The molecule has 0 atom stereocenters. The molecule has 0 radical (unpaired) electrons. The predicted molar refractivity (Wildman–Crippen MR) is 77.5 cm³/mol. The zero-order valence-corrected chi connectivity index (χ0v) is 11.6. The number of aryl methyl sites for hydroxylation is 1. The van der Waals surface area contributed by atoms with Crippen LogP contribution in [-0.2, 0) is 4.74 Å². The second-order valence-corrected chi connectivity index (χ2v) is 5.54. The number of benzene rings is 1. The number of rotatable bonds is 2. The van der Waals surface area contributed by atoms with Crippen molar-refractivity contribution in [2.24, 2.45) is 0 Å². The third-order valence-corrected chi connectivity index (χ3v) is 4.15. The standard InChI is InChI=1S/C13H16N4OS/c1-9-2-3-11(14)10(8-9)12-15-16-13(19-12)17-4-6-18-7-5-17/h2-3,8H,4-7,14H2,1H3. The van der Waals surface area contributed by atoms with Crippen LogP contribution in [0.5, 0.6) is 0 Å². The highest BCUT2D eigenvalue weighted by Gasteiger charge is 2.17. The molecule has 2 heterocycles. The minimum absolute atomic E-state index is 0.746. The molecule has 0 amide bonds. The molecule has 6 heteroatoms. The van der Waals surface area contributed by atoms with Crippen molar-refractivity contribution in [3.05, 3.63) is 23.8 Å². The first kappa shape index (κ1) is 12.4. The van der Waals surface area contributed by atoms with E-state index in [1.54, 1.807) is 11.3 Å². The van der Waals surface area contributed by atoms with Crippen molar-refractivity contribution in [3.8, 4) is 10.6 Å². The Kier molecular flexibility index (Phi) is 3.35. The molecule has 1 fully saturated rings. The summed E-state index contributed by atoms with van der Waals surface area (Å²) in [6, 6.07) is 5.97. The van der Waals surface area contributed by atoms with Crippen LogP contribution in [0.4, 0.5) is 10.8 Å². The fourth-order valence-corrected chi connectivity index (χ4v) is 3.00. The number of anilines is 2. The van der Waals surface area contributed by atoms with Crippen LogP contribution in [0.1, 0.15) is 5.56 Å². The summed E-state index contributed by atoms with van der Waals surface area (Å²) in [5.41, 5.74) is 8.90. The van der Waals surface area contributed by atoms with E-state index >= 15 is 0 Å². The van der Waals surface area contributed by atoms with E-state index in [0.29, 0.717) is 0 Å². The molecule has 5 nitrogen and oxygen atoms in total. The number of hydrogen-bond acceptors (Lipinski definition) is 6. The minimum Gasteiger partial charge on any atom is -0.398 e. The van der Waals surface area contributed by atoms with Crippen LogP contribution in [0.25, 0.3) is 10.6 Å². The topological polar surface area (TPSA) is 64.3 Å². The maximum atomic E-state index is 6.01. The van der Waals surface area contributed by atoms with Crippen molar-refractivity contribution in [3.63, 3.8) is 0 Å². The molecule has 100 valence electrons. The summed E-state index contributed by atoms with van der Waals surface area (Å²) < 4.78 is 5.34. The van der Waals surface area contributed by atoms with E-state index in [2.05, 4.69) is 21.2 Å². The molecule has 2 aromatic rings. The first-order valence-corrected chi connectivity index (χ1v) is 7.08. The Bertz CT molecular complexity index is 578. The number of nitrogens with zero attached hydrogens (tertiary/aromatic N) is 3. The Labute approximate surface area is 116 Å². The molecule has 19 heavy (non-hydrogen) atoms. The van der Waals surface area contributed by atoms with Crippen LogP contribution in [0.3, 0.4) is 0 Å². The second kappa shape index (κ2) is 5.14. The SMILES string of the molecule is Cc1ccc(N)c(-c2nnc(N3CCOCC3)s2)c1. The lowest BCUT2D eigenvalue weighted by molar-refractivity contribution is 0.122. The lowest BCUT2D eigenvalue weighted by Crippen LogP contribution is -2.36. The fraction of sp³-hybridized carbons (Fsp3) is 0.385. The van der Waals surface area contributed by atoms with Gasteiger partial charge in [-0.2, -0.15) is 0 Å². The molecule has 1 aliphatic heterocycles. The van der Waals surface area contributed by atoms with E-state index in [1.807, 2.05) is 19.1 Å². The number of nitrogens with two attached hydrogens (primary N) is 1. The summed E-state index contributed by atoms with van der Waals surface area (Å²) in [5, 5.41) is 10.4. The van der Waals surface area contributed by atoms with Gasteiger partial charge in [-0.3, -0.25) is 0 Å². The van der Waals surface area contributed by atoms with Gasteiger partial charge in [0.2, 0.25) is 5.13 Å². The molecule has 0 spiro atoms. The van der Waals surface area contributed by atoms with Gasteiger partial charge in [0.05, 0.1) is 13.2 Å². The maximum Gasteiger partial charge on any atom is 0.208 e. The summed E-state index contributed by atoms with van der Waals surface area (Å²) in [4.78, 5) is 2.21. The molecular weight excluding hydrogens is 260 g/mol. The van der Waals surface area contributed by atoms with Crippen LogP contribution in [0.2, 0.25) is 0 Å². The second-order valence-electron chi connectivity index (χ2n) is 4.58. The predicted octanol–water partition coefficient (Wildman–Crippen LogP) is 1.93. The highest BCUT2D eigenvalue weighted by Crippen LogP contribution is 2.32. The Balaban J connectivity index is 1.89. The first-order chi connectivity index (χ1) is 9.24. The van der Waals surface area contributed by atoms with Crippen LogP contribution < -0.4 is 10.6 Å². The summed E-state index contributed by atoms with van der Waals surface area (Å²) in [5.74, 6) is 0. The average Bonchev–Trinajstić information content (AvgIpc) is 2.92. The Hall–Kier alpha value is -1.66. The van der Waals surface area contributed by atoms with Crippen LogP contribution >= 0.6 is 11.3 Å². The monoisotopic (exact) mass is 276 g/mol. The van der Waals surface area contributed by atoms with E-state index in [9.17, 15) is 0 Å². The normalized spacial score (nSPS) is 15.7. The number of nitrogen functional groups attached to an aromatic ring is 1. The van der Waals surface area contributed by atoms with E-state index in [0.717, 1.165) is 47.7 Å². The van der Waals surface area contributed by atoms with Gasteiger partial charge in [0.1, 0.15) is 0 Å². The van der Waals surface area contributed by atoms with Crippen LogP contribution in [0.15, 0.2) is 18.2 Å². The lowest BCUT2D eigenvalue weighted by atomic mass is 10.1. The molecular formula is C13H16N4OS. The first-order valence-electron chi connectivity index (χ1n) is 6.27. The smallest absolute Gasteiger partial charge is 0.208 e. The van der Waals surface area contributed by atoms with Crippen molar-refractivity contribution >= 4 is 22.2 Å². The third-order valence-electron chi connectivity index (χ3n) is 3.14. The number of aromatic nitrogens is 2. The summed E-state index contributed by atoms with van der Waals surface area (Å²) in [6.45, 7) is 5.30. The molecule has 0 unspecified atom stereocenters. The number of ether oxygens (including phenoxy) is 1. The van der Waals surface area contributed by atoms with Gasteiger partial charge in [0.15, 0.2) is 5.01 Å². The summed E-state index contributed by atoms with van der Waals surface area (Å²) in [7, 11) is 0. The van der Waals surface area contributed by atoms with Gasteiger partial charge in [0.25, 0.3) is 0 Å². The maximum absolute atomic E-state index is 6.01. The Morgan fingerprint density at radius 3 is 2.84 bits per heavy atom. The Morgan fingerprint density at radius 1 is 1.26 bits per heavy atom. The van der Waals surface area contributed by atoms with Gasteiger partial charge in [-0.05, 0) is 19.1 Å². The molecule has 1 aliphatic rings. The van der Waals surface area contributed by atoms with Gasteiger partial charge in [0, 0.05) is 24.3 Å².